The van der Waals surface area contributed by atoms with Gasteiger partial charge >= 0.3 is 0 Å². The topological polar surface area (TPSA) is 67.8 Å². The lowest BCUT2D eigenvalue weighted by Gasteiger charge is -2.11. The number of hydrogen-bond donors (Lipinski definition) is 2. The third kappa shape index (κ3) is 6.44. The minimum Gasteiger partial charge on any atom is -0.493 e. The lowest BCUT2D eigenvalue weighted by molar-refractivity contribution is 0.284. The van der Waals surface area contributed by atoms with Crippen LogP contribution in [0.25, 0.3) is 0 Å². The van der Waals surface area contributed by atoms with Gasteiger partial charge in [0.15, 0.2) is 16.6 Å². The molecule has 0 fully saturated rings. The zero-order chi connectivity index (χ0) is 20.5. The van der Waals surface area contributed by atoms with Crippen LogP contribution in [0.1, 0.15) is 11.1 Å². The molecule has 0 radical (unpaired) electrons. The van der Waals surface area contributed by atoms with E-state index in [0.29, 0.717) is 28.2 Å². The van der Waals surface area contributed by atoms with Crippen molar-refractivity contribution in [2.24, 2.45) is 5.10 Å². The van der Waals surface area contributed by atoms with Crippen molar-refractivity contribution in [3.8, 4) is 11.5 Å². The highest BCUT2D eigenvalue weighted by Crippen LogP contribution is 2.28. The van der Waals surface area contributed by atoms with Crippen LogP contribution in [-0.4, -0.2) is 23.4 Å². The normalized spacial score (nSPS) is 10.6. The quantitative estimate of drug-likeness (QED) is 0.326. The van der Waals surface area contributed by atoms with Gasteiger partial charge in [0.2, 0.25) is 0 Å². The predicted octanol–water partition coefficient (Wildman–Crippen LogP) is 4.64. The van der Waals surface area contributed by atoms with Gasteiger partial charge in [-0.15, -0.1) is 0 Å². The van der Waals surface area contributed by atoms with Gasteiger partial charge in [0.1, 0.15) is 6.61 Å². The fourth-order valence-electron chi connectivity index (χ4n) is 2.39. The highest BCUT2D eigenvalue weighted by Gasteiger charge is 2.06. The van der Waals surface area contributed by atoms with Gasteiger partial charge in [0.05, 0.1) is 25.2 Å². The molecule has 6 nitrogen and oxygen atoms in total. The van der Waals surface area contributed by atoms with Crippen LogP contribution in [0, 0.1) is 0 Å². The van der Waals surface area contributed by atoms with Crippen molar-refractivity contribution in [3.05, 3.63) is 83.1 Å². The summed E-state index contributed by atoms with van der Waals surface area (Å²) in [5.41, 5.74) is 5.39. The van der Waals surface area contributed by atoms with Crippen LogP contribution in [0.5, 0.6) is 11.5 Å². The maximum atomic E-state index is 5.90. The lowest BCUT2D eigenvalue weighted by Crippen LogP contribution is -2.23. The fourth-order valence-corrected chi connectivity index (χ4v) is 2.68. The first-order valence-corrected chi connectivity index (χ1v) is 9.48. The summed E-state index contributed by atoms with van der Waals surface area (Å²) in [6.45, 7) is 0.413. The van der Waals surface area contributed by atoms with Crippen LogP contribution in [0.3, 0.4) is 0 Å². The molecule has 0 aliphatic rings. The van der Waals surface area contributed by atoms with Crippen LogP contribution in [0.2, 0.25) is 5.02 Å². The van der Waals surface area contributed by atoms with Crippen molar-refractivity contribution in [1.29, 1.82) is 0 Å². The summed E-state index contributed by atoms with van der Waals surface area (Å²) in [6, 6.07) is 16.7. The smallest absolute Gasteiger partial charge is 0.191 e. The molecular weight excluding hydrogens is 408 g/mol. The molecule has 1 heterocycles. The molecule has 8 heteroatoms. The summed E-state index contributed by atoms with van der Waals surface area (Å²) in [6.07, 6.45) is 5.00. The zero-order valence-electron chi connectivity index (χ0n) is 15.6. The first kappa shape index (κ1) is 20.6. The van der Waals surface area contributed by atoms with E-state index in [-0.39, 0.29) is 0 Å². The summed E-state index contributed by atoms with van der Waals surface area (Å²) in [4.78, 5) is 4.01. The van der Waals surface area contributed by atoms with Gasteiger partial charge in [0.25, 0.3) is 0 Å². The summed E-state index contributed by atoms with van der Waals surface area (Å²) in [5.74, 6) is 1.25. The van der Waals surface area contributed by atoms with E-state index in [1.165, 1.54) is 0 Å². The number of aromatic nitrogens is 1. The Balaban J connectivity index is 1.56. The number of anilines is 1. The van der Waals surface area contributed by atoms with E-state index in [0.717, 1.165) is 16.8 Å². The zero-order valence-corrected chi connectivity index (χ0v) is 17.2. The molecule has 0 unspecified atom stereocenters. The van der Waals surface area contributed by atoms with Crippen LogP contribution in [-0.2, 0) is 6.61 Å². The maximum absolute atomic E-state index is 5.90. The Bertz CT molecular complexity index is 982. The molecule has 0 saturated heterocycles. The summed E-state index contributed by atoms with van der Waals surface area (Å²) in [7, 11) is 1.59. The number of rotatable bonds is 7. The second-order valence-electron chi connectivity index (χ2n) is 5.89. The maximum Gasteiger partial charge on any atom is 0.191 e. The van der Waals surface area contributed by atoms with Crippen LogP contribution in [0.15, 0.2) is 72.1 Å². The number of nitrogens with one attached hydrogen (secondary N) is 2. The highest BCUT2D eigenvalue weighted by atomic mass is 35.5. The number of ether oxygens (including phenoxy) is 2. The summed E-state index contributed by atoms with van der Waals surface area (Å²) in [5, 5.41) is 8.18. The molecule has 2 N–H and O–H groups in total. The van der Waals surface area contributed by atoms with Crippen LogP contribution < -0.4 is 20.2 Å². The molecular formula is C21H19ClN4O2S. The standard InChI is InChI=1S/C21H19ClN4O2S/c1-27-20-11-16(12-24-26-21(29)25-18-3-2-10-23-13-18)6-9-19(20)28-14-15-4-7-17(22)8-5-15/h2-13H,14H2,1H3,(H2,25,26,29). The number of hydrazone groups is 1. The monoisotopic (exact) mass is 426 g/mol. The molecule has 0 spiro atoms. The number of pyridine rings is 1. The van der Waals surface area contributed by atoms with Crippen LogP contribution in [0.4, 0.5) is 5.69 Å². The molecule has 29 heavy (non-hydrogen) atoms. The lowest BCUT2D eigenvalue weighted by atomic mass is 10.2. The minimum absolute atomic E-state index is 0.365. The van der Waals surface area contributed by atoms with Crippen molar-refractivity contribution in [2.45, 2.75) is 6.61 Å². The molecule has 0 saturated carbocycles. The first-order chi connectivity index (χ1) is 14.1. The van der Waals surface area contributed by atoms with Crippen molar-refractivity contribution in [2.75, 3.05) is 12.4 Å². The van der Waals surface area contributed by atoms with Gasteiger partial charge in [-0.05, 0) is 65.8 Å². The molecule has 0 amide bonds. The second kappa shape index (κ2) is 10.4. The molecule has 3 aromatic rings. The number of methoxy groups -OCH3 is 1. The highest BCUT2D eigenvalue weighted by molar-refractivity contribution is 7.80. The molecule has 1 aromatic heterocycles. The van der Waals surface area contributed by atoms with E-state index >= 15 is 0 Å². The first-order valence-electron chi connectivity index (χ1n) is 8.69. The Morgan fingerprint density at radius 2 is 2.00 bits per heavy atom. The molecule has 0 aliphatic heterocycles. The van der Waals surface area contributed by atoms with Gasteiger partial charge < -0.3 is 14.8 Å². The Morgan fingerprint density at radius 3 is 2.72 bits per heavy atom. The van der Waals surface area contributed by atoms with E-state index < -0.39 is 0 Å². The van der Waals surface area contributed by atoms with Crippen molar-refractivity contribution < 1.29 is 9.47 Å². The van der Waals surface area contributed by atoms with Gasteiger partial charge in [-0.3, -0.25) is 10.4 Å². The van der Waals surface area contributed by atoms with Gasteiger partial charge in [0, 0.05) is 11.2 Å². The third-order valence-corrected chi connectivity index (χ3v) is 4.24. The number of thiocarbonyl (C=S) groups is 1. The molecule has 0 bridgehead atoms. The molecule has 3 rings (SSSR count). The Hall–Kier alpha value is -3.16. The Kier molecular flexibility index (Phi) is 7.38. The van der Waals surface area contributed by atoms with E-state index in [1.54, 1.807) is 25.7 Å². The van der Waals surface area contributed by atoms with Crippen molar-refractivity contribution >= 4 is 40.8 Å². The molecule has 148 valence electrons. The average Bonchev–Trinajstić information content (AvgIpc) is 2.74. The average molecular weight is 427 g/mol. The minimum atomic E-state index is 0.365. The fraction of sp³-hybridized carbons (Fsp3) is 0.0952. The third-order valence-electron chi connectivity index (χ3n) is 3.79. The second-order valence-corrected chi connectivity index (χ2v) is 6.74. The largest absolute Gasteiger partial charge is 0.493 e. The molecule has 0 aliphatic carbocycles. The van der Waals surface area contributed by atoms with E-state index in [9.17, 15) is 0 Å². The van der Waals surface area contributed by atoms with E-state index in [1.807, 2.05) is 54.6 Å². The summed E-state index contributed by atoms with van der Waals surface area (Å²) >= 11 is 11.1. The van der Waals surface area contributed by atoms with Gasteiger partial charge in [-0.2, -0.15) is 5.10 Å². The van der Waals surface area contributed by atoms with Crippen LogP contribution >= 0.6 is 23.8 Å². The van der Waals surface area contributed by atoms with Gasteiger partial charge in [-0.25, -0.2) is 0 Å². The van der Waals surface area contributed by atoms with E-state index in [4.69, 9.17) is 33.3 Å². The Labute approximate surface area is 179 Å². The molecule has 2 aromatic carbocycles. The SMILES string of the molecule is COc1cc(C=NNC(=S)Nc2cccnc2)ccc1OCc1ccc(Cl)cc1. The Morgan fingerprint density at radius 1 is 1.17 bits per heavy atom. The number of hydrogen-bond acceptors (Lipinski definition) is 5. The number of benzene rings is 2. The summed E-state index contributed by atoms with van der Waals surface area (Å²) < 4.78 is 11.3. The van der Waals surface area contributed by atoms with Crippen molar-refractivity contribution in [1.82, 2.24) is 10.4 Å². The van der Waals surface area contributed by atoms with Crippen molar-refractivity contribution in [3.63, 3.8) is 0 Å². The van der Waals surface area contributed by atoms with E-state index in [2.05, 4.69) is 20.8 Å². The number of nitrogens with zero attached hydrogens (tertiary/aromatic N) is 2. The van der Waals surface area contributed by atoms with Gasteiger partial charge in [-0.1, -0.05) is 23.7 Å². The number of halogens is 1. The predicted molar refractivity (Wildman–Crippen MR) is 120 cm³/mol. The molecule has 0 atom stereocenters.